The van der Waals surface area contributed by atoms with Gasteiger partial charge in [-0.3, -0.25) is 4.79 Å². The van der Waals surface area contributed by atoms with Crippen molar-refractivity contribution < 1.29 is 14.3 Å². The second-order valence-corrected chi connectivity index (χ2v) is 7.50. The van der Waals surface area contributed by atoms with Crippen LogP contribution in [0.4, 0.5) is 5.69 Å². The molecule has 0 aliphatic carbocycles. The normalized spacial score (nSPS) is 13.4. The number of hydrogen-bond donors (Lipinski definition) is 2. The first-order chi connectivity index (χ1) is 12.9. The summed E-state index contributed by atoms with van der Waals surface area (Å²) in [7, 11) is 0. The summed E-state index contributed by atoms with van der Waals surface area (Å²) in [6, 6.07) is 11.2. The van der Waals surface area contributed by atoms with Crippen molar-refractivity contribution in [1.82, 2.24) is 9.97 Å². The molecule has 2 heterocycles. The Labute approximate surface area is 157 Å². The predicted octanol–water partition coefficient (Wildman–Crippen LogP) is 4.24. The number of H-pyrrole nitrogens is 1. The topological polar surface area (TPSA) is 76.2 Å². The minimum atomic E-state index is -0.206. The van der Waals surface area contributed by atoms with Crippen molar-refractivity contribution in [3.05, 3.63) is 53.9 Å². The van der Waals surface area contributed by atoms with Gasteiger partial charge in [0.2, 0.25) is 12.7 Å². The van der Waals surface area contributed by atoms with Crippen molar-refractivity contribution in [2.24, 2.45) is 0 Å². The molecule has 2 N–H and O–H groups in total. The highest BCUT2D eigenvalue weighted by atomic mass is 16.7. The van der Waals surface area contributed by atoms with Gasteiger partial charge in [0, 0.05) is 17.2 Å². The number of nitrogens with one attached hydrogen (secondary N) is 2. The fourth-order valence-electron chi connectivity index (χ4n) is 2.82. The Bertz CT molecular complexity index is 1040. The molecule has 1 aromatic heterocycles. The lowest BCUT2D eigenvalue weighted by molar-refractivity contribution is -0.111. The zero-order chi connectivity index (χ0) is 19.0. The highest BCUT2D eigenvalue weighted by Gasteiger charge is 2.18. The van der Waals surface area contributed by atoms with E-state index in [9.17, 15) is 4.79 Å². The van der Waals surface area contributed by atoms with Gasteiger partial charge < -0.3 is 19.8 Å². The lowest BCUT2D eigenvalue weighted by atomic mass is 9.96. The van der Waals surface area contributed by atoms with Crippen molar-refractivity contribution in [1.29, 1.82) is 0 Å². The third-order valence-electron chi connectivity index (χ3n) is 4.28. The predicted molar refractivity (Wildman–Crippen MR) is 105 cm³/mol. The molecule has 4 rings (SSSR count). The van der Waals surface area contributed by atoms with Crippen LogP contribution in [0.3, 0.4) is 0 Å². The fourth-order valence-corrected chi connectivity index (χ4v) is 2.82. The average molecular weight is 363 g/mol. The number of hydrogen-bond acceptors (Lipinski definition) is 4. The summed E-state index contributed by atoms with van der Waals surface area (Å²) in [4.78, 5) is 20.2. The Morgan fingerprint density at radius 1 is 1.15 bits per heavy atom. The van der Waals surface area contributed by atoms with Crippen LogP contribution in [0.15, 0.2) is 42.5 Å². The Hall–Kier alpha value is -3.28. The SMILES string of the molecule is CC(C)(C)c1nc2ccc(NC(=O)C=Cc3ccc4c(c3)OCO4)cc2[nH]1. The number of rotatable bonds is 3. The van der Waals surface area contributed by atoms with E-state index in [1.165, 1.54) is 6.08 Å². The van der Waals surface area contributed by atoms with Gasteiger partial charge in [0.15, 0.2) is 11.5 Å². The van der Waals surface area contributed by atoms with E-state index in [1.807, 2.05) is 36.4 Å². The lowest BCUT2D eigenvalue weighted by Crippen LogP contribution is -2.12. The Morgan fingerprint density at radius 2 is 1.96 bits per heavy atom. The number of carbonyl (C=O) groups excluding carboxylic acids is 1. The van der Waals surface area contributed by atoms with Crippen LogP contribution in [0.2, 0.25) is 0 Å². The average Bonchev–Trinajstić information content (AvgIpc) is 3.25. The standard InChI is InChI=1S/C21H21N3O3/c1-21(2,3)20-23-15-7-6-14(11-16(15)24-20)22-19(25)9-5-13-4-8-17-18(10-13)27-12-26-17/h4-11H,12H2,1-3H3,(H,22,25)(H,23,24). The third-order valence-corrected chi connectivity index (χ3v) is 4.28. The first-order valence-electron chi connectivity index (χ1n) is 8.77. The molecule has 1 amide bonds. The first-order valence-corrected chi connectivity index (χ1v) is 8.77. The van der Waals surface area contributed by atoms with Crippen molar-refractivity contribution in [3.8, 4) is 11.5 Å². The van der Waals surface area contributed by atoms with Crippen LogP contribution in [0.5, 0.6) is 11.5 Å². The molecule has 0 fully saturated rings. The number of imidazole rings is 1. The quantitative estimate of drug-likeness (QED) is 0.683. The van der Waals surface area contributed by atoms with Crippen LogP contribution in [0.25, 0.3) is 17.1 Å². The maximum atomic E-state index is 12.2. The molecule has 27 heavy (non-hydrogen) atoms. The molecule has 1 aliphatic rings. The van der Waals surface area contributed by atoms with E-state index in [4.69, 9.17) is 9.47 Å². The molecule has 6 nitrogen and oxygen atoms in total. The first kappa shape index (κ1) is 17.1. The van der Waals surface area contributed by atoms with Gasteiger partial charge in [-0.1, -0.05) is 26.8 Å². The molecule has 3 aromatic rings. The van der Waals surface area contributed by atoms with E-state index < -0.39 is 0 Å². The highest BCUT2D eigenvalue weighted by molar-refractivity contribution is 6.02. The molecule has 0 saturated carbocycles. The van der Waals surface area contributed by atoms with E-state index in [1.54, 1.807) is 6.08 Å². The van der Waals surface area contributed by atoms with Crippen LogP contribution in [0, 0.1) is 0 Å². The molecule has 138 valence electrons. The van der Waals surface area contributed by atoms with Crippen LogP contribution in [-0.4, -0.2) is 22.7 Å². The van der Waals surface area contributed by atoms with Gasteiger partial charge in [0.25, 0.3) is 0 Å². The minimum absolute atomic E-state index is 0.0597. The van der Waals surface area contributed by atoms with Crippen LogP contribution in [0.1, 0.15) is 32.2 Å². The van der Waals surface area contributed by atoms with E-state index in [2.05, 4.69) is 36.1 Å². The van der Waals surface area contributed by atoms with Crippen LogP contribution < -0.4 is 14.8 Å². The molecule has 2 aromatic carbocycles. The van der Waals surface area contributed by atoms with Gasteiger partial charge in [-0.15, -0.1) is 0 Å². The van der Waals surface area contributed by atoms with Gasteiger partial charge >= 0.3 is 0 Å². The number of anilines is 1. The Morgan fingerprint density at radius 3 is 2.78 bits per heavy atom. The molecular weight excluding hydrogens is 342 g/mol. The van der Waals surface area contributed by atoms with Crippen LogP contribution in [-0.2, 0) is 10.2 Å². The summed E-state index contributed by atoms with van der Waals surface area (Å²) < 4.78 is 10.6. The maximum Gasteiger partial charge on any atom is 0.248 e. The van der Waals surface area contributed by atoms with Crippen molar-refractivity contribution >= 4 is 28.7 Å². The number of benzene rings is 2. The number of ether oxygens (including phenoxy) is 2. The summed E-state index contributed by atoms with van der Waals surface area (Å²) in [5.41, 5.74) is 3.31. The minimum Gasteiger partial charge on any atom is -0.454 e. The summed E-state index contributed by atoms with van der Waals surface area (Å²) in [5.74, 6) is 2.13. The second kappa shape index (κ2) is 6.46. The molecule has 1 aliphatic heterocycles. The van der Waals surface area contributed by atoms with Crippen molar-refractivity contribution in [2.75, 3.05) is 12.1 Å². The molecule has 0 spiro atoms. The zero-order valence-electron chi connectivity index (χ0n) is 15.5. The summed E-state index contributed by atoms with van der Waals surface area (Å²) in [6.45, 7) is 6.55. The number of nitrogens with zero attached hydrogens (tertiary/aromatic N) is 1. The number of aromatic amines is 1. The van der Waals surface area contributed by atoms with E-state index in [0.29, 0.717) is 11.4 Å². The van der Waals surface area contributed by atoms with Crippen molar-refractivity contribution in [2.45, 2.75) is 26.2 Å². The Kier molecular flexibility index (Phi) is 4.11. The number of fused-ring (bicyclic) bond motifs is 2. The van der Waals surface area contributed by atoms with E-state index >= 15 is 0 Å². The summed E-state index contributed by atoms with van der Waals surface area (Å²) >= 11 is 0. The Balaban J connectivity index is 1.47. The highest BCUT2D eigenvalue weighted by Crippen LogP contribution is 2.32. The van der Waals surface area contributed by atoms with Gasteiger partial charge in [-0.2, -0.15) is 0 Å². The number of aromatic nitrogens is 2. The lowest BCUT2D eigenvalue weighted by Gasteiger charge is -2.13. The molecule has 0 saturated heterocycles. The van der Waals surface area contributed by atoms with E-state index in [-0.39, 0.29) is 18.1 Å². The summed E-state index contributed by atoms with van der Waals surface area (Å²) in [5, 5.41) is 2.88. The molecule has 0 bridgehead atoms. The molecule has 6 heteroatoms. The third kappa shape index (κ3) is 3.65. The fraction of sp³-hybridized carbons (Fsp3) is 0.238. The number of amides is 1. The van der Waals surface area contributed by atoms with Gasteiger partial charge in [-0.05, 0) is 42.0 Å². The van der Waals surface area contributed by atoms with Gasteiger partial charge in [0.1, 0.15) is 5.82 Å². The molecule has 0 atom stereocenters. The van der Waals surface area contributed by atoms with Crippen LogP contribution >= 0.6 is 0 Å². The molecule has 0 radical (unpaired) electrons. The van der Waals surface area contributed by atoms with Crippen molar-refractivity contribution in [3.63, 3.8) is 0 Å². The largest absolute Gasteiger partial charge is 0.454 e. The van der Waals surface area contributed by atoms with Gasteiger partial charge in [-0.25, -0.2) is 4.98 Å². The number of carbonyl (C=O) groups is 1. The zero-order valence-corrected chi connectivity index (χ0v) is 15.5. The summed E-state index contributed by atoms with van der Waals surface area (Å²) in [6.07, 6.45) is 3.24. The van der Waals surface area contributed by atoms with E-state index in [0.717, 1.165) is 28.2 Å². The smallest absolute Gasteiger partial charge is 0.248 e. The van der Waals surface area contributed by atoms with Gasteiger partial charge in [0.05, 0.1) is 11.0 Å². The molecule has 0 unspecified atom stereocenters. The second-order valence-electron chi connectivity index (χ2n) is 7.50. The monoisotopic (exact) mass is 363 g/mol. The molecular formula is C21H21N3O3. The maximum absolute atomic E-state index is 12.2.